The molecule has 2 rings (SSSR count). The zero-order valence-electron chi connectivity index (χ0n) is 11.3. The van der Waals surface area contributed by atoms with Gasteiger partial charge in [-0.05, 0) is 17.7 Å². The van der Waals surface area contributed by atoms with Crippen molar-refractivity contribution in [1.82, 2.24) is 4.31 Å². The first-order chi connectivity index (χ1) is 9.96. The number of hydrogen-bond donors (Lipinski definition) is 0. The molecule has 0 amide bonds. The molecule has 0 aliphatic heterocycles. The second-order valence-electron chi connectivity index (χ2n) is 4.47. The molecule has 0 bridgehead atoms. The van der Waals surface area contributed by atoms with Crippen molar-refractivity contribution in [2.45, 2.75) is 11.4 Å². The summed E-state index contributed by atoms with van der Waals surface area (Å²) >= 11 is 0. The summed E-state index contributed by atoms with van der Waals surface area (Å²) in [4.78, 5) is -0.316. The second kappa shape index (κ2) is 6.04. The summed E-state index contributed by atoms with van der Waals surface area (Å²) in [5.74, 6) is -0.841. The van der Waals surface area contributed by atoms with Gasteiger partial charge in [-0.25, -0.2) is 12.8 Å². The Labute approximate surface area is 123 Å². The molecule has 0 radical (unpaired) electrons. The molecule has 0 aromatic heterocycles. The fourth-order valence-corrected chi connectivity index (χ4v) is 3.23. The molecular weight excluding hydrogens is 291 g/mol. The lowest BCUT2D eigenvalue weighted by Crippen LogP contribution is -2.27. The zero-order valence-corrected chi connectivity index (χ0v) is 12.1. The molecule has 0 spiro atoms. The maximum absolute atomic E-state index is 13.6. The molecule has 6 heteroatoms. The molecule has 0 aliphatic rings. The quantitative estimate of drug-likeness (QED) is 0.872. The van der Waals surface area contributed by atoms with Crippen molar-refractivity contribution in [2.75, 3.05) is 7.05 Å². The van der Waals surface area contributed by atoms with E-state index in [4.69, 9.17) is 5.26 Å². The lowest BCUT2D eigenvalue weighted by atomic mass is 10.2. The second-order valence-corrected chi connectivity index (χ2v) is 6.48. The van der Waals surface area contributed by atoms with Crippen molar-refractivity contribution >= 4 is 10.0 Å². The van der Waals surface area contributed by atoms with Crippen molar-refractivity contribution in [1.29, 1.82) is 5.26 Å². The molecule has 0 aliphatic carbocycles. The third-order valence-electron chi connectivity index (χ3n) is 3.02. The van der Waals surface area contributed by atoms with Crippen LogP contribution in [0, 0.1) is 17.1 Å². The summed E-state index contributed by atoms with van der Waals surface area (Å²) in [6, 6.07) is 14.2. The van der Waals surface area contributed by atoms with Gasteiger partial charge >= 0.3 is 0 Å². The highest BCUT2D eigenvalue weighted by atomic mass is 32.2. The topological polar surface area (TPSA) is 61.2 Å². The van der Waals surface area contributed by atoms with Crippen LogP contribution < -0.4 is 0 Å². The fourth-order valence-electron chi connectivity index (χ4n) is 1.92. The average molecular weight is 304 g/mol. The summed E-state index contributed by atoms with van der Waals surface area (Å²) < 4.78 is 39.6. The van der Waals surface area contributed by atoms with Gasteiger partial charge in [0.05, 0.1) is 0 Å². The molecule has 0 fully saturated rings. The van der Waals surface area contributed by atoms with Gasteiger partial charge in [0, 0.05) is 13.6 Å². The van der Waals surface area contributed by atoms with Crippen molar-refractivity contribution in [3.8, 4) is 6.07 Å². The van der Waals surface area contributed by atoms with Gasteiger partial charge in [0.1, 0.15) is 22.3 Å². The fraction of sp³-hybridized carbons (Fsp3) is 0.133. The van der Waals surface area contributed by atoms with Crippen LogP contribution in [0.25, 0.3) is 0 Å². The summed E-state index contributed by atoms with van der Waals surface area (Å²) in [6.45, 7) is 0.143. The Morgan fingerprint density at radius 3 is 2.43 bits per heavy atom. The Bertz CT molecular complexity index is 783. The number of nitrogens with zero attached hydrogens (tertiary/aromatic N) is 2. The monoisotopic (exact) mass is 304 g/mol. The van der Waals surface area contributed by atoms with Crippen LogP contribution in [0.3, 0.4) is 0 Å². The highest BCUT2D eigenvalue weighted by molar-refractivity contribution is 7.89. The highest BCUT2D eigenvalue weighted by Gasteiger charge is 2.25. The van der Waals surface area contributed by atoms with E-state index in [9.17, 15) is 12.8 Å². The van der Waals surface area contributed by atoms with Gasteiger partial charge in [0.25, 0.3) is 0 Å². The van der Waals surface area contributed by atoms with E-state index in [1.165, 1.54) is 19.2 Å². The van der Waals surface area contributed by atoms with E-state index in [1.54, 1.807) is 30.3 Å². The van der Waals surface area contributed by atoms with Crippen LogP contribution in [0.5, 0.6) is 0 Å². The maximum atomic E-state index is 13.6. The van der Waals surface area contributed by atoms with Crippen molar-refractivity contribution < 1.29 is 12.8 Å². The van der Waals surface area contributed by atoms with Crippen LogP contribution >= 0.6 is 0 Å². The van der Waals surface area contributed by atoms with E-state index in [1.807, 2.05) is 6.07 Å². The molecule has 0 saturated heterocycles. The third kappa shape index (κ3) is 3.10. The number of nitriles is 1. The Balaban J connectivity index is 2.39. The van der Waals surface area contributed by atoms with Gasteiger partial charge in [-0.1, -0.05) is 36.4 Å². The van der Waals surface area contributed by atoms with Gasteiger partial charge in [-0.3, -0.25) is 0 Å². The van der Waals surface area contributed by atoms with E-state index < -0.39 is 21.4 Å². The minimum Gasteiger partial charge on any atom is -0.207 e. The van der Waals surface area contributed by atoms with E-state index in [0.717, 1.165) is 15.9 Å². The summed E-state index contributed by atoms with van der Waals surface area (Å²) in [5.41, 5.74) is 0.343. The zero-order chi connectivity index (χ0) is 15.5. The van der Waals surface area contributed by atoms with Crippen molar-refractivity contribution in [2.24, 2.45) is 0 Å². The van der Waals surface area contributed by atoms with Crippen LogP contribution in [-0.4, -0.2) is 19.8 Å². The molecule has 0 saturated carbocycles. The van der Waals surface area contributed by atoms with Gasteiger partial charge in [-0.15, -0.1) is 0 Å². The molecule has 0 atom stereocenters. The van der Waals surface area contributed by atoms with Crippen LogP contribution in [0.15, 0.2) is 53.4 Å². The third-order valence-corrected chi connectivity index (χ3v) is 4.87. The van der Waals surface area contributed by atoms with E-state index in [-0.39, 0.29) is 11.4 Å². The van der Waals surface area contributed by atoms with Crippen LogP contribution in [0.2, 0.25) is 0 Å². The largest absolute Gasteiger partial charge is 0.244 e. The number of rotatable bonds is 4. The van der Waals surface area contributed by atoms with E-state index >= 15 is 0 Å². The first kappa shape index (κ1) is 15.2. The number of benzene rings is 2. The molecule has 2 aromatic rings. The van der Waals surface area contributed by atoms with Gasteiger partial charge in [0.15, 0.2) is 0 Å². The predicted molar refractivity (Wildman–Crippen MR) is 76.2 cm³/mol. The SMILES string of the molecule is CN(Cc1ccccc1)S(=O)(=O)c1cccc(F)c1C#N. The smallest absolute Gasteiger partial charge is 0.207 e. The lowest BCUT2D eigenvalue weighted by Gasteiger charge is -2.18. The minimum absolute atomic E-state index is 0.143. The number of halogens is 1. The van der Waals surface area contributed by atoms with Gasteiger partial charge in [-0.2, -0.15) is 9.57 Å². The van der Waals surface area contributed by atoms with Crippen LogP contribution in [0.4, 0.5) is 4.39 Å². The Hall–Kier alpha value is -2.23. The van der Waals surface area contributed by atoms with Crippen molar-refractivity contribution in [3.63, 3.8) is 0 Å². The normalized spacial score (nSPS) is 11.3. The molecule has 0 heterocycles. The highest BCUT2D eigenvalue weighted by Crippen LogP contribution is 2.22. The molecule has 108 valence electrons. The Kier molecular flexibility index (Phi) is 4.36. The number of hydrogen-bond acceptors (Lipinski definition) is 3. The predicted octanol–water partition coefficient (Wildman–Crippen LogP) is 2.52. The maximum Gasteiger partial charge on any atom is 0.244 e. The molecule has 0 N–H and O–H groups in total. The Morgan fingerprint density at radius 1 is 1.14 bits per heavy atom. The van der Waals surface area contributed by atoms with E-state index in [2.05, 4.69) is 0 Å². The van der Waals surface area contributed by atoms with Crippen LogP contribution in [-0.2, 0) is 16.6 Å². The van der Waals surface area contributed by atoms with Crippen LogP contribution in [0.1, 0.15) is 11.1 Å². The first-order valence-corrected chi connectivity index (χ1v) is 7.59. The average Bonchev–Trinajstić information content (AvgIpc) is 2.48. The Morgan fingerprint density at radius 2 is 1.81 bits per heavy atom. The molecule has 21 heavy (non-hydrogen) atoms. The summed E-state index contributed by atoms with van der Waals surface area (Å²) in [5, 5.41) is 8.96. The van der Waals surface area contributed by atoms with Crippen molar-refractivity contribution in [3.05, 3.63) is 65.5 Å². The molecule has 4 nitrogen and oxygen atoms in total. The summed E-state index contributed by atoms with van der Waals surface area (Å²) in [7, 11) is -2.53. The molecule has 0 unspecified atom stereocenters. The lowest BCUT2D eigenvalue weighted by molar-refractivity contribution is 0.465. The molecule has 2 aromatic carbocycles. The van der Waals surface area contributed by atoms with Gasteiger partial charge < -0.3 is 0 Å². The molecular formula is C15H13FN2O2S. The van der Waals surface area contributed by atoms with Gasteiger partial charge in [0.2, 0.25) is 10.0 Å². The van der Waals surface area contributed by atoms with E-state index in [0.29, 0.717) is 0 Å². The summed E-state index contributed by atoms with van der Waals surface area (Å²) in [6.07, 6.45) is 0. The number of sulfonamides is 1. The standard InChI is InChI=1S/C15H13FN2O2S/c1-18(11-12-6-3-2-4-7-12)21(19,20)15-9-5-8-14(16)13(15)10-17/h2-9H,11H2,1H3. The minimum atomic E-state index is -3.93. The first-order valence-electron chi connectivity index (χ1n) is 6.15.